The third-order valence-electron chi connectivity index (χ3n) is 2.75. The topological polar surface area (TPSA) is 52.6 Å². The first kappa shape index (κ1) is 13.4. The molecule has 0 unspecified atom stereocenters. The summed E-state index contributed by atoms with van der Waals surface area (Å²) in [6, 6.07) is 8.27. The molecule has 19 heavy (non-hydrogen) atoms. The summed E-state index contributed by atoms with van der Waals surface area (Å²) >= 11 is 6.03. The minimum atomic E-state index is -0.496. The third kappa shape index (κ3) is 2.53. The molecular weight excluding hydrogens is 268 g/mol. The molecule has 0 fully saturated rings. The first-order chi connectivity index (χ1) is 9.06. The van der Waals surface area contributed by atoms with Crippen LogP contribution in [0.5, 0.6) is 0 Å². The Bertz CT molecular complexity index is 664. The van der Waals surface area contributed by atoms with Gasteiger partial charge in [-0.05, 0) is 35.0 Å². The van der Waals surface area contributed by atoms with Crippen LogP contribution in [0.2, 0.25) is 5.02 Å². The van der Waals surface area contributed by atoms with E-state index in [1.165, 1.54) is 14.2 Å². The smallest absolute Gasteiger partial charge is 0.339 e. The van der Waals surface area contributed by atoms with Gasteiger partial charge in [0, 0.05) is 0 Å². The van der Waals surface area contributed by atoms with Crippen LogP contribution in [0.1, 0.15) is 20.7 Å². The summed E-state index contributed by atoms with van der Waals surface area (Å²) < 4.78 is 9.30. The Morgan fingerprint density at radius 3 is 2.26 bits per heavy atom. The highest BCUT2D eigenvalue weighted by molar-refractivity contribution is 6.34. The van der Waals surface area contributed by atoms with E-state index in [1.807, 2.05) is 0 Å². The average molecular weight is 279 g/mol. The lowest BCUT2D eigenvalue weighted by molar-refractivity contribution is 0.0591. The Balaban J connectivity index is 2.58. The van der Waals surface area contributed by atoms with Gasteiger partial charge in [0.1, 0.15) is 0 Å². The molecule has 2 aromatic rings. The molecule has 98 valence electrons. The molecule has 0 aliphatic heterocycles. The first-order valence-electron chi connectivity index (χ1n) is 5.46. The Kier molecular flexibility index (Phi) is 3.71. The number of ether oxygens (including phenoxy) is 2. The summed E-state index contributed by atoms with van der Waals surface area (Å²) in [5.74, 6) is -0.918. The van der Waals surface area contributed by atoms with Gasteiger partial charge in [0.25, 0.3) is 0 Å². The number of hydrogen-bond acceptors (Lipinski definition) is 4. The minimum Gasteiger partial charge on any atom is -0.465 e. The number of carbonyl (C=O) groups excluding carboxylic acids is 2. The molecule has 0 saturated heterocycles. The molecule has 0 radical (unpaired) electrons. The monoisotopic (exact) mass is 278 g/mol. The lowest BCUT2D eigenvalue weighted by Gasteiger charge is -2.06. The number of esters is 2. The van der Waals surface area contributed by atoms with Crippen molar-refractivity contribution in [2.24, 2.45) is 0 Å². The quantitative estimate of drug-likeness (QED) is 0.792. The van der Waals surface area contributed by atoms with Crippen molar-refractivity contribution in [2.45, 2.75) is 0 Å². The van der Waals surface area contributed by atoms with Crippen LogP contribution < -0.4 is 0 Å². The number of carbonyl (C=O) groups is 2. The van der Waals surface area contributed by atoms with Crippen LogP contribution in [-0.4, -0.2) is 26.2 Å². The Hall–Kier alpha value is -2.07. The molecule has 0 bridgehead atoms. The van der Waals surface area contributed by atoms with E-state index < -0.39 is 11.9 Å². The van der Waals surface area contributed by atoms with Crippen molar-refractivity contribution in [2.75, 3.05) is 14.2 Å². The van der Waals surface area contributed by atoms with Crippen LogP contribution in [0.3, 0.4) is 0 Å². The van der Waals surface area contributed by atoms with Crippen LogP contribution in [-0.2, 0) is 9.47 Å². The van der Waals surface area contributed by atoms with Crippen molar-refractivity contribution in [3.8, 4) is 0 Å². The number of rotatable bonds is 2. The Morgan fingerprint density at radius 1 is 0.947 bits per heavy atom. The van der Waals surface area contributed by atoms with Crippen LogP contribution in [0.4, 0.5) is 0 Å². The van der Waals surface area contributed by atoms with Gasteiger partial charge >= 0.3 is 11.9 Å². The van der Waals surface area contributed by atoms with E-state index in [2.05, 4.69) is 9.47 Å². The van der Waals surface area contributed by atoms with Crippen molar-refractivity contribution in [3.05, 3.63) is 46.5 Å². The lowest BCUT2D eigenvalue weighted by atomic mass is 10.0. The maximum absolute atomic E-state index is 11.5. The van der Waals surface area contributed by atoms with E-state index in [0.29, 0.717) is 11.1 Å². The van der Waals surface area contributed by atoms with Gasteiger partial charge in [0.2, 0.25) is 0 Å². The predicted molar refractivity (Wildman–Crippen MR) is 71.6 cm³/mol. The molecule has 5 heteroatoms. The molecule has 0 atom stereocenters. The van der Waals surface area contributed by atoms with Gasteiger partial charge in [0.05, 0.1) is 30.4 Å². The highest BCUT2D eigenvalue weighted by Gasteiger charge is 2.13. The highest BCUT2D eigenvalue weighted by atomic mass is 35.5. The SMILES string of the molecule is COC(=O)c1ccc2cc(C(=O)OC)c(Cl)cc2c1. The van der Waals surface area contributed by atoms with Crippen molar-refractivity contribution in [1.82, 2.24) is 0 Å². The molecule has 0 spiro atoms. The second-order valence-electron chi connectivity index (χ2n) is 3.88. The molecular formula is C14H11ClO4. The van der Waals surface area contributed by atoms with E-state index in [-0.39, 0.29) is 5.02 Å². The Morgan fingerprint density at radius 2 is 1.63 bits per heavy atom. The summed E-state index contributed by atoms with van der Waals surface area (Å²) in [5, 5.41) is 1.82. The second kappa shape index (κ2) is 5.28. The van der Waals surface area contributed by atoms with Gasteiger partial charge in [-0.2, -0.15) is 0 Å². The number of fused-ring (bicyclic) bond motifs is 1. The van der Waals surface area contributed by atoms with Crippen LogP contribution in [0, 0.1) is 0 Å². The molecule has 2 rings (SSSR count). The normalized spacial score (nSPS) is 10.3. The summed E-state index contributed by atoms with van der Waals surface area (Å²) in [6.45, 7) is 0. The fourth-order valence-corrected chi connectivity index (χ4v) is 2.03. The maximum atomic E-state index is 11.5. The molecule has 4 nitrogen and oxygen atoms in total. The Labute approximate surface area is 114 Å². The van der Waals surface area contributed by atoms with Gasteiger partial charge in [-0.1, -0.05) is 17.7 Å². The van der Waals surface area contributed by atoms with Gasteiger partial charge < -0.3 is 9.47 Å². The van der Waals surface area contributed by atoms with Crippen molar-refractivity contribution in [1.29, 1.82) is 0 Å². The van der Waals surface area contributed by atoms with Crippen molar-refractivity contribution >= 4 is 34.3 Å². The second-order valence-corrected chi connectivity index (χ2v) is 4.28. The molecule has 0 saturated carbocycles. The molecule has 2 aromatic carbocycles. The van der Waals surface area contributed by atoms with E-state index >= 15 is 0 Å². The zero-order valence-corrected chi connectivity index (χ0v) is 11.2. The largest absolute Gasteiger partial charge is 0.465 e. The fraction of sp³-hybridized carbons (Fsp3) is 0.143. The lowest BCUT2D eigenvalue weighted by Crippen LogP contribution is -2.03. The molecule has 0 aromatic heterocycles. The van der Waals surface area contributed by atoms with Crippen molar-refractivity contribution < 1.29 is 19.1 Å². The van der Waals surface area contributed by atoms with Gasteiger partial charge in [-0.3, -0.25) is 0 Å². The van der Waals surface area contributed by atoms with Gasteiger partial charge in [-0.15, -0.1) is 0 Å². The average Bonchev–Trinajstić information content (AvgIpc) is 2.44. The fourth-order valence-electron chi connectivity index (χ4n) is 1.78. The highest BCUT2D eigenvalue weighted by Crippen LogP contribution is 2.25. The van der Waals surface area contributed by atoms with Crippen LogP contribution in [0.15, 0.2) is 30.3 Å². The zero-order chi connectivity index (χ0) is 14.0. The summed E-state index contributed by atoms with van der Waals surface area (Å²) in [7, 11) is 2.61. The number of hydrogen-bond donors (Lipinski definition) is 0. The molecule has 0 N–H and O–H groups in total. The van der Waals surface area contributed by atoms with Crippen molar-refractivity contribution in [3.63, 3.8) is 0 Å². The van der Waals surface area contributed by atoms with Crippen LogP contribution in [0.25, 0.3) is 10.8 Å². The number of benzene rings is 2. The van der Waals surface area contributed by atoms with Gasteiger partial charge in [-0.25, -0.2) is 9.59 Å². The van der Waals surface area contributed by atoms with E-state index in [0.717, 1.165) is 10.8 Å². The first-order valence-corrected chi connectivity index (χ1v) is 5.84. The number of methoxy groups -OCH3 is 2. The maximum Gasteiger partial charge on any atom is 0.339 e. The number of halogens is 1. The molecule has 0 heterocycles. The van der Waals surface area contributed by atoms with Gasteiger partial charge in [0.15, 0.2) is 0 Å². The third-order valence-corrected chi connectivity index (χ3v) is 3.07. The predicted octanol–water partition coefficient (Wildman–Crippen LogP) is 3.07. The molecule has 0 amide bonds. The summed E-state index contributed by atoms with van der Waals surface area (Å²) in [4.78, 5) is 23.0. The molecule has 0 aliphatic rings. The summed E-state index contributed by atoms with van der Waals surface area (Å²) in [6.07, 6.45) is 0. The van der Waals surface area contributed by atoms with E-state index in [4.69, 9.17) is 11.6 Å². The van der Waals surface area contributed by atoms with Crippen LogP contribution >= 0.6 is 11.6 Å². The molecule has 0 aliphatic carbocycles. The summed E-state index contributed by atoms with van der Waals surface area (Å²) in [5.41, 5.74) is 0.722. The zero-order valence-electron chi connectivity index (χ0n) is 10.4. The standard InChI is InChI=1S/C14H11ClO4/c1-18-13(16)9-4-3-8-6-11(14(17)19-2)12(15)7-10(8)5-9/h3-7H,1-2H3. The van der Waals surface area contributed by atoms with E-state index in [1.54, 1.807) is 30.3 Å². The minimum absolute atomic E-state index is 0.279. The van der Waals surface area contributed by atoms with E-state index in [9.17, 15) is 9.59 Å².